The number of hydrogen-bond donors (Lipinski definition) is 1. The van der Waals surface area contributed by atoms with Gasteiger partial charge in [0.15, 0.2) is 0 Å². The number of rotatable bonds is 4. The van der Waals surface area contributed by atoms with Crippen LogP contribution in [0.15, 0.2) is 0 Å². The molecule has 0 radical (unpaired) electrons. The van der Waals surface area contributed by atoms with Crippen LogP contribution in [-0.2, 0) is 0 Å². The minimum absolute atomic E-state index is 0.491. The number of hydrogen-bond acceptors (Lipinski definition) is 1. The molecule has 82 valence electrons. The van der Waals surface area contributed by atoms with Crippen molar-refractivity contribution in [2.75, 3.05) is 0 Å². The van der Waals surface area contributed by atoms with Crippen molar-refractivity contribution in [1.29, 1.82) is 0 Å². The molecule has 1 unspecified atom stereocenters. The maximum atomic E-state index is 3.81. The lowest BCUT2D eigenvalue weighted by Gasteiger charge is -2.14. The normalized spacial score (nSPS) is 31.5. The van der Waals surface area contributed by atoms with Crippen LogP contribution in [0.5, 0.6) is 0 Å². The molecule has 1 atom stereocenters. The van der Waals surface area contributed by atoms with Crippen molar-refractivity contribution in [3.63, 3.8) is 0 Å². The Morgan fingerprint density at radius 3 is 2.00 bits per heavy atom. The molecule has 2 rings (SSSR count). The zero-order valence-electron chi connectivity index (χ0n) is 10.4. The molecular formula is C13H25N. The molecule has 0 aromatic carbocycles. The van der Waals surface area contributed by atoms with Crippen LogP contribution in [0.3, 0.4) is 0 Å². The van der Waals surface area contributed by atoms with Crippen molar-refractivity contribution >= 4 is 0 Å². The smallest absolute Gasteiger partial charge is 0.0183 e. The first-order valence-electron chi connectivity index (χ1n) is 6.12. The molecule has 0 bridgehead atoms. The molecule has 0 saturated heterocycles. The van der Waals surface area contributed by atoms with Gasteiger partial charge in [-0.25, -0.2) is 0 Å². The molecule has 2 fully saturated rings. The molecular weight excluding hydrogens is 170 g/mol. The van der Waals surface area contributed by atoms with E-state index in [0.717, 1.165) is 12.0 Å². The van der Waals surface area contributed by atoms with Crippen molar-refractivity contribution in [1.82, 2.24) is 5.32 Å². The van der Waals surface area contributed by atoms with Gasteiger partial charge in [0.1, 0.15) is 0 Å². The Morgan fingerprint density at radius 1 is 1.14 bits per heavy atom. The van der Waals surface area contributed by atoms with Gasteiger partial charge < -0.3 is 5.32 Å². The third-order valence-corrected chi connectivity index (χ3v) is 4.86. The van der Waals surface area contributed by atoms with Gasteiger partial charge in [-0.3, -0.25) is 0 Å². The fourth-order valence-corrected chi connectivity index (χ4v) is 2.82. The third kappa shape index (κ3) is 1.60. The van der Waals surface area contributed by atoms with E-state index in [4.69, 9.17) is 0 Å². The first kappa shape index (κ1) is 10.5. The first-order chi connectivity index (χ1) is 6.35. The largest absolute Gasteiger partial charge is 0.310 e. The lowest BCUT2D eigenvalue weighted by atomic mass is 10.0. The summed E-state index contributed by atoms with van der Waals surface area (Å²) in [5, 5.41) is 3.81. The van der Waals surface area contributed by atoms with Crippen molar-refractivity contribution in [2.45, 2.75) is 66.0 Å². The van der Waals surface area contributed by atoms with Gasteiger partial charge in [0, 0.05) is 12.1 Å². The second-order valence-electron chi connectivity index (χ2n) is 6.62. The van der Waals surface area contributed by atoms with E-state index in [9.17, 15) is 0 Å². The molecule has 0 heterocycles. The maximum absolute atomic E-state index is 3.81. The summed E-state index contributed by atoms with van der Waals surface area (Å²) in [7, 11) is 0. The second kappa shape index (κ2) is 2.98. The van der Waals surface area contributed by atoms with Crippen LogP contribution in [-0.4, -0.2) is 12.1 Å². The second-order valence-corrected chi connectivity index (χ2v) is 6.62. The van der Waals surface area contributed by atoms with Crippen LogP contribution in [0.2, 0.25) is 0 Å². The van der Waals surface area contributed by atoms with Gasteiger partial charge >= 0.3 is 0 Å². The summed E-state index contributed by atoms with van der Waals surface area (Å²) in [6.45, 7) is 11.9. The van der Waals surface area contributed by atoms with Crippen molar-refractivity contribution < 1.29 is 0 Å². The summed E-state index contributed by atoms with van der Waals surface area (Å²) in [5.74, 6) is 1.04. The lowest BCUT2D eigenvalue weighted by Crippen LogP contribution is -2.32. The van der Waals surface area contributed by atoms with E-state index in [2.05, 4.69) is 39.9 Å². The highest BCUT2D eigenvalue weighted by Gasteiger charge is 2.64. The monoisotopic (exact) mass is 195 g/mol. The van der Waals surface area contributed by atoms with Gasteiger partial charge in [-0.2, -0.15) is 0 Å². The standard InChI is InChI=1S/C13H25N/c1-9(8-10-6-7-10)14-11-12(2,3)13(11,4)5/h9-11,14H,6-8H2,1-5H3. The highest BCUT2D eigenvalue weighted by molar-refractivity contribution is 5.18. The van der Waals surface area contributed by atoms with Crippen LogP contribution in [0.25, 0.3) is 0 Å². The zero-order valence-corrected chi connectivity index (χ0v) is 10.4. The Balaban J connectivity index is 1.81. The van der Waals surface area contributed by atoms with E-state index in [-0.39, 0.29) is 0 Å². The van der Waals surface area contributed by atoms with Crippen molar-refractivity contribution in [2.24, 2.45) is 16.7 Å². The molecule has 0 amide bonds. The molecule has 1 N–H and O–H groups in total. The van der Waals surface area contributed by atoms with Gasteiger partial charge in [0.2, 0.25) is 0 Å². The fourth-order valence-electron chi connectivity index (χ4n) is 2.82. The molecule has 14 heavy (non-hydrogen) atoms. The van der Waals surface area contributed by atoms with Crippen LogP contribution in [0.4, 0.5) is 0 Å². The van der Waals surface area contributed by atoms with E-state index >= 15 is 0 Å². The summed E-state index contributed by atoms with van der Waals surface area (Å²) >= 11 is 0. The summed E-state index contributed by atoms with van der Waals surface area (Å²) in [4.78, 5) is 0. The predicted octanol–water partition coefficient (Wildman–Crippen LogP) is 3.20. The molecule has 2 aliphatic carbocycles. The Bertz CT molecular complexity index is 211. The van der Waals surface area contributed by atoms with E-state index in [1.54, 1.807) is 0 Å². The highest BCUT2D eigenvalue weighted by Crippen LogP contribution is 2.62. The number of nitrogens with one attached hydrogen (secondary N) is 1. The predicted molar refractivity (Wildman–Crippen MR) is 61.3 cm³/mol. The van der Waals surface area contributed by atoms with Crippen LogP contribution >= 0.6 is 0 Å². The highest BCUT2D eigenvalue weighted by atomic mass is 15.1. The SMILES string of the molecule is CC(CC1CC1)NC1C(C)(C)C1(C)C. The van der Waals surface area contributed by atoms with E-state index in [1.165, 1.54) is 19.3 Å². The van der Waals surface area contributed by atoms with Gasteiger partial charge in [0.25, 0.3) is 0 Å². The lowest BCUT2D eigenvalue weighted by molar-refractivity contribution is 0.444. The molecule has 2 aliphatic rings. The molecule has 1 nitrogen and oxygen atoms in total. The van der Waals surface area contributed by atoms with Gasteiger partial charge in [0.05, 0.1) is 0 Å². The van der Waals surface area contributed by atoms with E-state index in [0.29, 0.717) is 16.9 Å². The van der Waals surface area contributed by atoms with E-state index < -0.39 is 0 Å². The third-order valence-electron chi connectivity index (χ3n) is 4.86. The summed E-state index contributed by atoms with van der Waals surface area (Å²) in [6.07, 6.45) is 4.34. The molecule has 0 aromatic heterocycles. The summed E-state index contributed by atoms with van der Waals surface area (Å²) in [6, 6.07) is 1.44. The van der Waals surface area contributed by atoms with Crippen molar-refractivity contribution in [3.05, 3.63) is 0 Å². The molecule has 0 aromatic rings. The van der Waals surface area contributed by atoms with Crippen LogP contribution < -0.4 is 5.32 Å². The minimum Gasteiger partial charge on any atom is -0.310 e. The average molecular weight is 195 g/mol. The van der Waals surface area contributed by atoms with Gasteiger partial charge in [-0.15, -0.1) is 0 Å². The van der Waals surface area contributed by atoms with Gasteiger partial charge in [-0.1, -0.05) is 40.5 Å². The Morgan fingerprint density at radius 2 is 1.64 bits per heavy atom. The fraction of sp³-hybridized carbons (Fsp3) is 1.00. The van der Waals surface area contributed by atoms with Crippen LogP contribution in [0.1, 0.15) is 53.9 Å². The molecule has 1 heteroatoms. The molecule has 2 saturated carbocycles. The average Bonchev–Trinajstić information content (AvgIpc) is 2.89. The molecule has 0 aliphatic heterocycles. The Labute approximate surface area is 88.7 Å². The van der Waals surface area contributed by atoms with Gasteiger partial charge in [-0.05, 0) is 30.1 Å². The Kier molecular flexibility index (Phi) is 2.23. The zero-order chi connectivity index (χ0) is 10.6. The first-order valence-corrected chi connectivity index (χ1v) is 6.12. The molecule has 0 spiro atoms. The summed E-state index contributed by atoms with van der Waals surface area (Å²) in [5.41, 5.74) is 0.982. The van der Waals surface area contributed by atoms with Crippen LogP contribution in [0, 0.1) is 16.7 Å². The quantitative estimate of drug-likeness (QED) is 0.726. The topological polar surface area (TPSA) is 12.0 Å². The van der Waals surface area contributed by atoms with Crippen molar-refractivity contribution in [3.8, 4) is 0 Å². The van der Waals surface area contributed by atoms with E-state index in [1.807, 2.05) is 0 Å². The maximum Gasteiger partial charge on any atom is 0.0183 e. The Hall–Kier alpha value is -0.0400. The minimum atomic E-state index is 0.491. The summed E-state index contributed by atoms with van der Waals surface area (Å²) < 4.78 is 0.